The summed E-state index contributed by atoms with van der Waals surface area (Å²) in [5.74, 6) is 1.25. The minimum Gasteiger partial charge on any atom is -0.396 e. The van der Waals surface area contributed by atoms with Crippen LogP contribution in [0.5, 0.6) is 0 Å². The van der Waals surface area contributed by atoms with Gasteiger partial charge in [-0.25, -0.2) is 0 Å². The van der Waals surface area contributed by atoms with Crippen LogP contribution in [0.2, 0.25) is 0 Å². The lowest BCUT2D eigenvalue weighted by Crippen LogP contribution is -2.26. The van der Waals surface area contributed by atoms with Gasteiger partial charge in [-0.2, -0.15) is 0 Å². The zero-order valence-corrected chi connectivity index (χ0v) is 8.76. The molecule has 4 heteroatoms. The minimum atomic E-state index is -0.196. The van der Waals surface area contributed by atoms with Crippen LogP contribution in [0, 0.1) is 11.8 Å². The molecule has 1 saturated carbocycles. The summed E-state index contributed by atoms with van der Waals surface area (Å²) in [7, 11) is 0. The number of aliphatic hydroxyl groups excluding tert-OH is 1. The number of aliphatic hydroxyl groups is 1. The molecule has 80 valence electrons. The second-order valence-corrected chi connectivity index (χ2v) is 4.14. The van der Waals surface area contributed by atoms with Gasteiger partial charge < -0.3 is 5.11 Å². The van der Waals surface area contributed by atoms with Gasteiger partial charge in [0.15, 0.2) is 0 Å². The standard InChI is InChI=1S/C10H19N3O/c1-2-8-3-5-9(6-4-8)10(7-14)12-13-11/h8-10,14H,2-7H2,1H3. The van der Waals surface area contributed by atoms with Gasteiger partial charge in [0.2, 0.25) is 0 Å². The van der Waals surface area contributed by atoms with Crippen molar-refractivity contribution in [3.8, 4) is 0 Å². The summed E-state index contributed by atoms with van der Waals surface area (Å²) in [5.41, 5.74) is 8.34. The Morgan fingerprint density at radius 1 is 1.43 bits per heavy atom. The molecule has 1 rings (SSSR count). The Morgan fingerprint density at radius 3 is 2.50 bits per heavy atom. The van der Waals surface area contributed by atoms with Gasteiger partial charge >= 0.3 is 0 Å². The third kappa shape index (κ3) is 2.89. The van der Waals surface area contributed by atoms with Crippen molar-refractivity contribution >= 4 is 0 Å². The number of nitrogens with zero attached hydrogens (tertiary/aromatic N) is 3. The van der Waals surface area contributed by atoms with Crippen LogP contribution in [-0.4, -0.2) is 17.8 Å². The van der Waals surface area contributed by atoms with E-state index in [-0.39, 0.29) is 12.6 Å². The van der Waals surface area contributed by atoms with Crippen molar-refractivity contribution in [2.45, 2.75) is 45.1 Å². The topological polar surface area (TPSA) is 69.0 Å². The van der Waals surface area contributed by atoms with E-state index in [1.165, 1.54) is 19.3 Å². The first-order valence-electron chi connectivity index (χ1n) is 5.46. The van der Waals surface area contributed by atoms with E-state index in [4.69, 9.17) is 10.6 Å². The number of azide groups is 1. The lowest BCUT2D eigenvalue weighted by Gasteiger charge is -2.30. The van der Waals surface area contributed by atoms with Crippen molar-refractivity contribution < 1.29 is 5.11 Å². The van der Waals surface area contributed by atoms with E-state index >= 15 is 0 Å². The molecule has 1 atom stereocenters. The van der Waals surface area contributed by atoms with Gasteiger partial charge in [-0.3, -0.25) is 0 Å². The minimum absolute atomic E-state index is 0.00841. The molecule has 0 bridgehead atoms. The van der Waals surface area contributed by atoms with E-state index < -0.39 is 0 Å². The third-order valence-corrected chi connectivity index (χ3v) is 3.40. The molecule has 4 nitrogen and oxygen atoms in total. The van der Waals surface area contributed by atoms with Crippen molar-refractivity contribution in [3.05, 3.63) is 10.4 Å². The molecule has 14 heavy (non-hydrogen) atoms. The van der Waals surface area contributed by atoms with E-state index in [2.05, 4.69) is 16.9 Å². The van der Waals surface area contributed by atoms with Crippen LogP contribution in [0.15, 0.2) is 5.11 Å². The summed E-state index contributed by atoms with van der Waals surface area (Å²) in [6, 6.07) is -0.196. The molecular weight excluding hydrogens is 178 g/mol. The van der Waals surface area contributed by atoms with Crippen LogP contribution in [0.3, 0.4) is 0 Å². The van der Waals surface area contributed by atoms with Gasteiger partial charge in [0.25, 0.3) is 0 Å². The van der Waals surface area contributed by atoms with Gasteiger partial charge in [-0.15, -0.1) is 0 Å². The zero-order valence-electron chi connectivity index (χ0n) is 8.76. The Balaban J connectivity index is 2.42. The van der Waals surface area contributed by atoms with E-state index in [0.717, 1.165) is 18.8 Å². The maximum Gasteiger partial charge on any atom is 0.0633 e. The molecule has 0 aromatic heterocycles. The van der Waals surface area contributed by atoms with Crippen molar-refractivity contribution in [1.82, 2.24) is 0 Å². The Bertz CT molecular complexity index is 205. The fraction of sp³-hybridized carbons (Fsp3) is 1.00. The lowest BCUT2D eigenvalue weighted by atomic mass is 9.78. The first-order chi connectivity index (χ1) is 6.81. The van der Waals surface area contributed by atoms with Gasteiger partial charge in [0, 0.05) is 4.91 Å². The second kappa shape index (κ2) is 5.89. The molecule has 1 fully saturated rings. The Hall–Kier alpha value is -0.730. The summed E-state index contributed by atoms with van der Waals surface area (Å²) in [5, 5.41) is 12.7. The van der Waals surface area contributed by atoms with Crippen LogP contribution in [0.4, 0.5) is 0 Å². The Morgan fingerprint density at radius 2 is 2.07 bits per heavy atom. The second-order valence-electron chi connectivity index (χ2n) is 4.14. The maximum atomic E-state index is 9.07. The fourth-order valence-electron chi connectivity index (χ4n) is 2.33. The molecule has 0 spiro atoms. The molecule has 0 aliphatic heterocycles. The van der Waals surface area contributed by atoms with Crippen molar-refractivity contribution in [2.24, 2.45) is 17.0 Å². The van der Waals surface area contributed by atoms with Crippen molar-refractivity contribution in [3.63, 3.8) is 0 Å². The quantitative estimate of drug-likeness (QED) is 0.420. The largest absolute Gasteiger partial charge is 0.396 e. The highest BCUT2D eigenvalue weighted by molar-refractivity contribution is 4.81. The highest BCUT2D eigenvalue weighted by atomic mass is 16.3. The molecule has 1 aliphatic carbocycles. The number of hydrogen-bond donors (Lipinski definition) is 1. The van der Waals surface area contributed by atoms with Gasteiger partial charge in [0.1, 0.15) is 0 Å². The fourth-order valence-corrected chi connectivity index (χ4v) is 2.33. The average molecular weight is 197 g/mol. The molecule has 0 radical (unpaired) electrons. The predicted octanol–water partition coefficient (Wildman–Crippen LogP) is 2.87. The summed E-state index contributed by atoms with van der Waals surface area (Å²) in [6.07, 6.45) is 5.89. The van der Waals surface area contributed by atoms with Gasteiger partial charge in [-0.05, 0) is 30.2 Å². The smallest absolute Gasteiger partial charge is 0.0633 e. The van der Waals surface area contributed by atoms with E-state index in [0.29, 0.717) is 5.92 Å². The normalized spacial score (nSPS) is 29.3. The lowest BCUT2D eigenvalue weighted by molar-refractivity contribution is 0.176. The first-order valence-corrected chi connectivity index (χ1v) is 5.46. The highest BCUT2D eigenvalue weighted by Gasteiger charge is 2.25. The zero-order chi connectivity index (χ0) is 10.4. The predicted molar refractivity (Wildman–Crippen MR) is 55.8 cm³/mol. The molecule has 0 amide bonds. The maximum absolute atomic E-state index is 9.07. The van der Waals surface area contributed by atoms with Crippen LogP contribution in [0.1, 0.15) is 39.0 Å². The van der Waals surface area contributed by atoms with Crippen LogP contribution in [-0.2, 0) is 0 Å². The SMILES string of the molecule is CCC1CCC(C(CO)N=[N+]=[N-])CC1. The number of rotatable bonds is 4. The van der Waals surface area contributed by atoms with E-state index in [1.54, 1.807) is 0 Å². The molecule has 1 aliphatic rings. The van der Waals surface area contributed by atoms with Crippen molar-refractivity contribution in [2.75, 3.05) is 6.61 Å². The average Bonchev–Trinajstić information content (AvgIpc) is 2.26. The summed E-state index contributed by atoms with van der Waals surface area (Å²) in [6.45, 7) is 2.22. The highest BCUT2D eigenvalue weighted by Crippen LogP contribution is 2.33. The first kappa shape index (κ1) is 11.3. The molecule has 0 heterocycles. The summed E-state index contributed by atoms with van der Waals surface area (Å²) < 4.78 is 0. The summed E-state index contributed by atoms with van der Waals surface area (Å²) >= 11 is 0. The van der Waals surface area contributed by atoms with Gasteiger partial charge in [-0.1, -0.05) is 31.3 Å². The molecular formula is C10H19N3O. The van der Waals surface area contributed by atoms with Gasteiger partial charge in [0.05, 0.1) is 12.6 Å². The van der Waals surface area contributed by atoms with Crippen LogP contribution in [0.25, 0.3) is 10.4 Å². The monoisotopic (exact) mass is 197 g/mol. The van der Waals surface area contributed by atoms with Crippen molar-refractivity contribution in [1.29, 1.82) is 0 Å². The third-order valence-electron chi connectivity index (χ3n) is 3.40. The summed E-state index contributed by atoms with van der Waals surface area (Å²) in [4.78, 5) is 2.79. The van der Waals surface area contributed by atoms with Crippen LogP contribution >= 0.6 is 0 Å². The molecule has 0 aromatic carbocycles. The molecule has 0 aromatic rings. The Labute approximate surface area is 84.9 Å². The molecule has 1 unspecified atom stereocenters. The molecule has 0 saturated heterocycles. The van der Waals surface area contributed by atoms with Crippen LogP contribution < -0.4 is 0 Å². The Kier molecular flexibility index (Phi) is 4.77. The van der Waals surface area contributed by atoms with E-state index in [1.807, 2.05) is 0 Å². The number of hydrogen-bond acceptors (Lipinski definition) is 2. The van der Waals surface area contributed by atoms with E-state index in [9.17, 15) is 0 Å². The molecule has 1 N–H and O–H groups in total.